The molecule has 8 heteroatoms. The zero-order chi connectivity index (χ0) is 17.1. The molecular formula is C16H11BrN2O4S. The fraction of sp³-hybridized carbons (Fsp3) is 0.0625. The van der Waals surface area contributed by atoms with E-state index in [-0.39, 0.29) is 10.1 Å². The van der Waals surface area contributed by atoms with Crippen molar-refractivity contribution < 1.29 is 18.7 Å². The first-order chi connectivity index (χ1) is 11.5. The van der Waals surface area contributed by atoms with Crippen LogP contribution < -0.4 is 0 Å². The van der Waals surface area contributed by atoms with E-state index in [0.29, 0.717) is 17.4 Å². The number of aliphatic carboxylic acids is 1. The molecule has 0 aliphatic carbocycles. The Labute approximate surface area is 149 Å². The Morgan fingerprint density at radius 3 is 2.75 bits per heavy atom. The van der Waals surface area contributed by atoms with Crippen LogP contribution in [0.2, 0.25) is 0 Å². The van der Waals surface area contributed by atoms with Crippen molar-refractivity contribution in [3.05, 3.63) is 57.4 Å². The molecule has 3 rings (SSSR count). The lowest BCUT2D eigenvalue weighted by Crippen LogP contribution is -1.96. The zero-order valence-electron chi connectivity index (χ0n) is 12.4. The number of carboxylic acids is 1. The minimum Gasteiger partial charge on any atom is -0.477 e. The van der Waals surface area contributed by atoms with Crippen molar-refractivity contribution in [1.29, 1.82) is 0 Å². The summed E-state index contributed by atoms with van der Waals surface area (Å²) in [5.74, 6) is 0.338. The summed E-state index contributed by atoms with van der Waals surface area (Å²) < 4.78 is 11.8. The number of carboxylic acid groups (broad SMARTS) is 1. The molecular weight excluding hydrogens is 396 g/mol. The summed E-state index contributed by atoms with van der Waals surface area (Å²) in [5.41, 5.74) is 0.890. The van der Waals surface area contributed by atoms with E-state index >= 15 is 0 Å². The molecule has 1 N–H and O–H groups in total. The van der Waals surface area contributed by atoms with Gasteiger partial charge in [0.2, 0.25) is 5.89 Å². The molecule has 0 atom stereocenters. The van der Waals surface area contributed by atoms with E-state index in [1.54, 1.807) is 19.1 Å². The summed E-state index contributed by atoms with van der Waals surface area (Å²) in [5, 5.41) is 17.0. The highest BCUT2D eigenvalue weighted by molar-refractivity contribution is 9.10. The number of aryl methyl sites for hydroxylation is 1. The zero-order valence-corrected chi connectivity index (χ0v) is 14.8. The summed E-state index contributed by atoms with van der Waals surface area (Å²) in [4.78, 5) is 11.4. The molecule has 0 amide bonds. The van der Waals surface area contributed by atoms with Crippen LogP contribution in [0, 0.1) is 6.92 Å². The van der Waals surface area contributed by atoms with Gasteiger partial charge in [-0.3, -0.25) is 0 Å². The quantitative estimate of drug-likeness (QED) is 0.488. The number of rotatable bonds is 5. The smallest absolute Gasteiger partial charge is 0.342 e. The minimum atomic E-state index is -1.10. The van der Waals surface area contributed by atoms with Crippen LogP contribution in [0.4, 0.5) is 0 Å². The van der Waals surface area contributed by atoms with Crippen LogP contribution in [0.1, 0.15) is 11.7 Å². The predicted molar refractivity (Wildman–Crippen MR) is 92.3 cm³/mol. The normalized spacial score (nSPS) is 11.7. The second-order valence-electron chi connectivity index (χ2n) is 4.72. The van der Waals surface area contributed by atoms with Gasteiger partial charge in [0.15, 0.2) is 0 Å². The number of thioether (sulfide) groups is 1. The van der Waals surface area contributed by atoms with Crippen molar-refractivity contribution in [1.82, 2.24) is 10.2 Å². The maximum Gasteiger partial charge on any atom is 0.342 e. The molecule has 0 radical (unpaired) electrons. The second kappa shape index (κ2) is 7.06. The van der Waals surface area contributed by atoms with Crippen molar-refractivity contribution in [2.45, 2.75) is 12.1 Å². The second-order valence-corrected chi connectivity index (χ2v) is 6.62. The maximum absolute atomic E-state index is 11.4. The molecule has 0 bridgehead atoms. The van der Waals surface area contributed by atoms with Crippen LogP contribution in [0.15, 0.2) is 59.8 Å². The fourth-order valence-electron chi connectivity index (χ4n) is 1.91. The number of hydrogen-bond donors (Lipinski definition) is 1. The Morgan fingerprint density at radius 1 is 1.25 bits per heavy atom. The third kappa shape index (κ3) is 3.95. The number of nitrogens with zero attached hydrogens (tertiary/aromatic N) is 2. The molecule has 1 aromatic carbocycles. The SMILES string of the molecule is Cc1nnc(S/C(=C\c2ccc(-c3cccc(Br)c3)o2)C(=O)O)o1. The fourth-order valence-corrected chi connectivity index (χ4v) is 3.00. The van der Waals surface area contributed by atoms with Crippen LogP contribution in [0.25, 0.3) is 17.4 Å². The van der Waals surface area contributed by atoms with Gasteiger partial charge in [-0.2, -0.15) is 0 Å². The highest BCUT2D eigenvalue weighted by atomic mass is 79.9. The molecule has 3 aromatic rings. The molecule has 0 fully saturated rings. The van der Waals surface area contributed by atoms with E-state index in [0.717, 1.165) is 21.8 Å². The van der Waals surface area contributed by atoms with E-state index in [2.05, 4.69) is 26.1 Å². The number of hydrogen-bond acceptors (Lipinski definition) is 6. The highest BCUT2D eigenvalue weighted by Gasteiger charge is 2.15. The minimum absolute atomic E-state index is 0.0220. The van der Waals surface area contributed by atoms with E-state index in [9.17, 15) is 9.90 Å². The number of halogens is 1. The van der Waals surface area contributed by atoms with E-state index < -0.39 is 5.97 Å². The van der Waals surface area contributed by atoms with Crippen molar-refractivity contribution >= 4 is 39.7 Å². The Morgan fingerprint density at radius 2 is 2.08 bits per heavy atom. The van der Waals surface area contributed by atoms with Gasteiger partial charge in [0.05, 0.1) is 0 Å². The average molecular weight is 407 g/mol. The lowest BCUT2D eigenvalue weighted by Gasteiger charge is -1.98. The highest BCUT2D eigenvalue weighted by Crippen LogP contribution is 2.30. The largest absolute Gasteiger partial charge is 0.477 e. The summed E-state index contributed by atoms with van der Waals surface area (Å²) in [7, 11) is 0. The molecule has 0 saturated heterocycles. The summed E-state index contributed by atoms with van der Waals surface area (Å²) in [6.07, 6.45) is 1.42. The Kier molecular flexibility index (Phi) is 4.86. The topological polar surface area (TPSA) is 89.4 Å². The van der Waals surface area contributed by atoms with E-state index in [4.69, 9.17) is 8.83 Å². The van der Waals surface area contributed by atoms with Crippen molar-refractivity contribution in [3.8, 4) is 11.3 Å². The van der Waals surface area contributed by atoms with Gasteiger partial charge in [-0.05, 0) is 36.0 Å². The first-order valence-electron chi connectivity index (χ1n) is 6.80. The molecule has 2 heterocycles. The average Bonchev–Trinajstić information content (AvgIpc) is 3.16. The molecule has 0 saturated carbocycles. The Balaban J connectivity index is 1.86. The van der Waals surface area contributed by atoms with Crippen molar-refractivity contribution in [2.75, 3.05) is 0 Å². The Bertz CT molecular complexity index is 916. The van der Waals surface area contributed by atoms with Gasteiger partial charge in [0, 0.05) is 23.0 Å². The van der Waals surface area contributed by atoms with Crippen molar-refractivity contribution in [3.63, 3.8) is 0 Å². The summed E-state index contributed by atoms with van der Waals surface area (Å²) >= 11 is 4.28. The van der Waals surface area contributed by atoms with Crippen molar-refractivity contribution in [2.24, 2.45) is 0 Å². The first kappa shape index (κ1) is 16.5. The van der Waals surface area contributed by atoms with Gasteiger partial charge < -0.3 is 13.9 Å². The lowest BCUT2D eigenvalue weighted by atomic mass is 10.2. The summed E-state index contributed by atoms with van der Waals surface area (Å²) in [6, 6.07) is 11.1. The van der Waals surface area contributed by atoms with Gasteiger partial charge in [0.25, 0.3) is 5.22 Å². The van der Waals surface area contributed by atoms with Crippen LogP contribution in [-0.4, -0.2) is 21.3 Å². The molecule has 2 aromatic heterocycles. The molecule has 122 valence electrons. The predicted octanol–water partition coefficient (Wildman–Crippen LogP) is 4.62. The van der Waals surface area contributed by atoms with Gasteiger partial charge in [-0.25, -0.2) is 4.79 Å². The molecule has 0 aliphatic rings. The molecule has 0 unspecified atom stereocenters. The van der Waals surface area contributed by atoms with Crippen LogP contribution in [0.5, 0.6) is 0 Å². The Hall–Kier alpha value is -2.32. The molecule has 0 aliphatic heterocycles. The van der Waals surface area contributed by atoms with Gasteiger partial charge in [-0.1, -0.05) is 28.1 Å². The number of carbonyl (C=O) groups is 1. The molecule has 0 spiro atoms. The molecule has 24 heavy (non-hydrogen) atoms. The van der Waals surface area contributed by atoms with Gasteiger partial charge in [-0.15, -0.1) is 10.2 Å². The number of benzene rings is 1. The monoisotopic (exact) mass is 406 g/mol. The first-order valence-corrected chi connectivity index (χ1v) is 8.41. The van der Waals surface area contributed by atoms with Gasteiger partial charge in [0.1, 0.15) is 16.4 Å². The third-order valence-electron chi connectivity index (χ3n) is 2.92. The lowest BCUT2D eigenvalue weighted by molar-refractivity contribution is -0.131. The maximum atomic E-state index is 11.4. The third-order valence-corrected chi connectivity index (χ3v) is 4.27. The number of furan rings is 1. The van der Waals surface area contributed by atoms with Gasteiger partial charge >= 0.3 is 5.97 Å². The van der Waals surface area contributed by atoms with E-state index in [1.165, 1.54) is 6.08 Å². The standard InChI is InChI=1S/C16H11BrN2O4S/c1-9-18-19-16(22-9)24-14(15(20)21)8-12-5-6-13(23-12)10-3-2-4-11(17)7-10/h2-8H,1H3,(H,20,21)/b14-8-. The van der Waals surface area contributed by atoms with Crippen LogP contribution in [0.3, 0.4) is 0 Å². The number of aromatic nitrogens is 2. The van der Waals surface area contributed by atoms with Crippen LogP contribution >= 0.6 is 27.7 Å². The summed E-state index contributed by atoms with van der Waals surface area (Å²) in [6.45, 7) is 1.64. The molecule has 6 nitrogen and oxygen atoms in total. The van der Waals surface area contributed by atoms with E-state index in [1.807, 2.05) is 24.3 Å². The van der Waals surface area contributed by atoms with Crippen LogP contribution in [-0.2, 0) is 4.79 Å².